The Kier molecular flexibility index (Phi) is 5.48. The highest BCUT2D eigenvalue weighted by Gasteiger charge is 2.00. The molecule has 92 valence electrons. The van der Waals surface area contributed by atoms with Gasteiger partial charge in [-0.05, 0) is 30.7 Å². The number of amides is 1. The van der Waals surface area contributed by atoms with Crippen LogP contribution in [0.2, 0.25) is 10.0 Å². The van der Waals surface area contributed by atoms with Gasteiger partial charge in [-0.15, -0.1) is 0 Å². The number of carbonyl (C=O) groups is 1. The highest BCUT2D eigenvalue weighted by Crippen LogP contribution is 2.21. The topological polar surface area (TPSA) is 55.1 Å². The van der Waals surface area contributed by atoms with Gasteiger partial charge < -0.3 is 11.1 Å². The molecule has 0 saturated carbocycles. The molecule has 0 aliphatic heterocycles. The molecule has 3 N–H and O–H groups in total. The van der Waals surface area contributed by atoms with E-state index in [0.717, 1.165) is 5.56 Å². The first-order valence-electron chi connectivity index (χ1n) is 5.15. The van der Waals surface area contributed by atoms with Crippen LogP contribution in [-0.2, 0) is 4.79 Å². The molecule has 1 aromatic carbocycles. The van der Waals surface area contributed by atoms with Crippen molar-refractivity contribution in [1.82, 2.24) is 5.32 Å². The molecule has 17 heavy (non-hydrogen) atoms. The van der Waals surface area contributed by atoms with Crippen LogP contribution in [0.5, 0.6) is 0 Å². The number of halogens is 2. The first-order valence-corrected chi connectivity index (χ1v) is 5.91. The van der Waals surface area contributed by atoms with Crippen LogP contribution in [0.1, 0.15) is 12.5 Å². The zero-order valence-corrected chi connectivity index (χ0v) is 10.9. The third-order valence-corrected chi connectivity index (χ3v) is 2.54. The minimum absolute atomic E-state index is 0.0635. The van der Waals surface area contributed by atoms with Crippen molar-refractivity contribution in [2.24, 2.45) is 5.73 Å². The first kappa shape index (κ1) is 14.0. The predicted octanol–water partition coefficient (Wildman–Crippen LogP) is 2.47. The summed E-state index contributed by atoms with van der Waals surface area (Å²) in [6.07, 6.45) is 3.05. The normalized spacial score (nSPS) is 12.7. The van der Waals surface area contributed by atoms with Crippen LogP contribution >= 0.6 is 23.2 Å². The molecule has 0 radical (unpaired) electrons. The monoisotopic (exact) mass is 272 g/mol. The van der Waals surface area contributed by atoms with Crippen LogP contribution in [0.25, 0.3) is 6.08 Å². The minimum Gasteiger partial charge on any atom is -0.351 e. The quantitative estimate of drug-likeness (QED) is 0.828. The average molecular weight is 273 g/mol. The second kappa shape index (κ2) is 6.64. The van der Waals surface area contributed by atoms with Crippen molar-refractivity contribution in [3.63, 3.8) is 0 Å². The molecule has 0 aliphatic rings. The van der Waals surface area contributed by atoms with Gasteiger partial charge in [0.2, 0.25) is 5.91 Å². The van der Waals surface area contributed by atoms with Crippen molar-refractivity contribution < 1.29 is 4.79 Å². The number of carbonyl (C=O) groups excluding carboxylic acids is 1. The summed E-state index contributed by atoms with van der Waals surface area (Å²) in [5.41, 5.74) is 6.26. The molecule has 0 bridgehead atoms. The van der Waals surface area contributed by atoms with Gasteiger partial charge in [0.25, 0.3) is 0 Å². The third-order valence-electron chi connectivity index (χ3n) is 1.98. The standard InChI is InChI=1S/C12H14Cl2N2O/c1-8(15)7-16-12(17)5-3-9-2-4-10(13)6-11(9)14/h2-6,8H,7,15H2,1H3,(H,16,17)/b5-3+. The van der Waals surface area contributed by atoms with E-state index < -0.39 is 0 Å². The smallest absolute Gasteiger partial charge is 0.244 e. The van der Waals surface area contributed by atoms with Gasteiger partial charge in [0.1, 0.15) is 0 Å². The first-order chi connectivity index (χ1) is 7.99. The van der Waals surface area contributed by atoms with E-state index in [2.05, 4.69) is 5.32 Å². The fourth-order valence-corrected chi connectivity index (χ4v) is 1.59. The highest BCUT2D eigenvalue weighted by atomic mass is 35.5. The molecular formula is C12H14Cl2N2O. The Labute approximate surface area is 111 Å². The molecule has 1 atom stereocenters. The van der Waals surface area contributed by atoms with Gasteiger partial charge in [0.15, 0.2) is 0 Å². The second-order valence-electron chi connectivity index (χ2n) is 3.72. The molecule has 0 aliphatic carbocycles. The maximum Gasteiger partial charge on any atom is 0.244 e. The van der Waals surface area contributed by atoms with Crippen LogP contribution < -0.4 is 11.1 Å². The zero-order chi connectivity index (χ0) is 12.8. The van der Waals surface area contributed by atoms with E-state index in [1.54, 1.807) is 24.3 Å². The van der Waals surface area contributed by atoms with Crippen LogP contribution in [0, 0.1) is 0 Å². The summed E-state index contributed by atoms with van der Waals surface area (Å²) in [7, 11) is 0. The Morgan fingerprint density at radius 3 is 2.82 bits per heavy atom. The maximum atomic E-state index is 11.4. The lowest BCUT2D eigenvalue weighted by atomic mass is 10.2. The number of benzene rings is 1. The number of nitrogens with one attached hydrogen (secondary N) is 1. The van der Waals surface area contributed by atoms with E-state index in [1.807, 2.05) is 6.92 Å². The van der Waals surface area contributed by atoms with Crippen molar-refractivity contribution in [2.75, 3.05) is 6.54 Å². The van der Waals surface area contributed by atoms with Gasteiger partial charge in [-0.2, -0.15) is 0 Å². The van der Waals surface area contributed by atoms with Gasteiger partial charge in [-0.3, -0.25) is 4.79 Å². The fraction of sp³-hybridized carbons (Fsp3) is 0.250. The van der Waals surface area contributed by atoms with Gasteiger partial charge >= 0.3 is 0 Å². The van der Waals surface area contributed by atoms with Gasteiger partial charge in [0.05, 0.1) is 0 Å². The summed E-state index contributed by atoms with van der Waals surface area (Å²) in [6.45, 7) is 2.26. The molecule has 0 fully saturated rings. The van der Waals surface area contributed by atoms with Crippen molar-refractivity contribution in [3.8, 4) is 0 Å². The van der Waals surface area contributed by atoms with E-state index in [1.165, 1.54) is 6.08 Å². The van der Waals surface area contributed by atoms with Crippen molar-refractivity contribution in [1.29, 1.82) is 0 Å². The van der Waals surface area contributed by atoms with Crippen LogP contribution in [0.4, 0.5) is 0 Å². The lowest BCUT2D eigenvalue weighted by Gasteiger charge is -2.04. The molecule has 3 nitrogen and oxygen atoms in total. The Morgan fingerprint density at radius 1 is 1.53 bits per heavy atom. The zero-order valence-electron chi connectivity index (χ0n) is 9.41. The molecule has 1 amide bonds. The van der Waals surface area contributed by atoms with Gasteiger partial charge in [-0.25, -0.2) is 0 Å². The predicted molar refractivity (Wildman–Crippen MR) is 72.2 cm³/mol. The Bertz CT molecular complexity index is 431. The molecular weight excluding hydrogens is 259 g/mol. The maximum absolute atomic E-state index is 11.4. The number of nitrogens with two attached hydrogens (primary N) is 1. The number of hydrogen-bond donors (Lipinski definition) is 2. The summed E-state index contributed by atoms with van der Waals surface area (Å²) in [6, 6.07) is 5.03. The Balaban J connectivity index is 2.61. The third kappa shape index (κ3) is 5.22. The van der Waals surface area contributed by atoms with Crippen molar-refractivity contribution in [2.45, 2.75) is 13.0 Å². The van der Waals surface area contributed by atoms with E-state index in [-0.39, 0.29) is 11.9 Å². The molecule has 1 rings (SSSR count). The van der Waals surface area contributed by atoms with Crippen molar-refractivity contribution >= 4 is 35.2 Å². The Morgan fingerprint density at radius 2 is 2.24 bits per heavy atom. The summed E-state index contributed by atoms with van der Waals surface area (Å²) in [5.74, 6) is -0.201. The van der Waals surface area contributed by atoms with Gasteiger partial charge in [0, 0.05) is 28.7 Å². The van der Waals surface area contributed by atoms with E-state index in [0.29, 0.717) is 16.6 Å². The van der Waals surface area contributed by atoms with Crippen molar-refractivity contribution in [3.05, 3.63) is 39.9 Å². The lowest BCUT2D eigenvalue weighted by Crippen LogP contribution is -2.34. The molecule has 0 saturated heterocycles. The lowest BCUT2D eigenvalue weighted by molar-refractivity contribution is -0.116. The SMILES string of the molecule is CC(N)CNC(=O)/C=C/c1ccc(Cl)cc1Cl. The summed E-state index contributed by atoms with van der Waals surface area (Å²) >= 11 is 11.7. The molecule has 0 aromatic heterocycles. The molecule has 1 aromatic rings. The highest BCUT2D eigenvalue weighted by molar-refractivity contribution is 6.35. The summed E-state index contributed by atoms with van der Waals surface area (Å²) < 4.78 is 0. The summed E-state index contributed by atoms with van der Waals surface area (Å²) in [5, 5.41) is 3.73. The van der Waals surface area contributed by atoms with Crippen LogP contribution in [0.15, 0.2) is 24.3 Å². The molecule has 1 unspecified atom stereocenters. The second-order valence-corrected chi connectivity index (χ2v) is 4.57. The largest absolute Gasteiger partial charge is 0.351 e. The number of hydrogen-bond acceptors (Lipinski definition) is 2. The minimum atomic E-state index is -0.201. The van der Waals surface area contributed by atoms with Crippen LogP contribution in [0.3, 0.4) is 0 Å². The van der Waals surface area contributed by atoms with E-state index in [4.69, 9.17) is 28.9 Å². The fourth-order valence-electron chi connectivity index (χ4n) is 1.12. The molecule has 0 heterocycles. The number of rotatable bonds is 4. The molecule has 0 spiro atoms. The summed E-state index contributed by atoms with van der Waals surface area (Å²) in [4.78, 5) is 11.4. The average Bonchev–Trinajstić information content (AvgIpc) is 2.25. The van der Waals surface area contributed by atoms with Crippen LogP contribution in [-0.4, -0.2) is 18.5 Å². The van der Waals surface area contributed by atoms with E-state index >= 15 is 0 Å². The van der Waals surface area contributed by atoms with E-state index in [9.17, 15) is 4.79 Å². The molecule has 5 heteroatoms. The Hall–Kier alpha value is -1.03. The van der Waals surface area contributed by atoms with Gasteiger partial charge in [-0.1, -0.05) is 29.3 Å².